The highest BCUT2D eigenvalue weighted by atomic mass is 19.4. The van der Waals surface area contributed by atoms with Gasteiger partial charge in [0.25, 0.3) is 0 Å². The van der Waals surface area contributed by atoms with Crippen LogP contribution in [0.3, 0.4) is 0 Å². The molecule has 24 heavy (non-hydrogen) atoms. The lowest BCUT2D eigenvalue weighted by molar-refractivity contribution is -0.141. The number of halogens is 3. The van der Waals surface area contributed by atoms with Gasteiger partial charge in [-0.2, -0.15) is 13.2 Å². The van der Waals surface area contributed by atoms with E-state index in [0.717, 1.165) is 6.20 Å². The molecule has 1 amide bonds. The van der Waals surface area contributed by atoms with E-state index in [-0.39, 0.29) is 35.8 Å². The maximum Gasteiger partial charge on any atom is 0.434 e. The van der Waals surface area contributed by atoms with Crippen LogP contribution >= 0.6 is 0 Å². The fraction of sp³-hybridized carbons (Fsp3) is 0.733. The van der Waals surface area contributed by atoms with Crippen LogP contribution in [0.4, 0.5) is 13.2 Å². The summed E-state index contributed by atoms with van der Waals surface area (Å²) in [6.45, 7) is 7.10. The number of nitrogens with zero attached hydrogens (tertiary/aromatic N) is 3. The van der Waals surface area contributed by atoms with E-state index in [1.54, 1.807) is 4.90 Å². The Morgan fingerprint density at radius 2 is 1.96 bits per heavy atom. The van der Waals surface area contributed by atoms with E-state index in [4.69, 9.17) is 0 Å². The Morgan fingerprint density at radius 3 is 2.54 bits per heavy atom. The molecule has 6 nitrogen and oxygen atoms in total. The molecule has 1 fully saturated rings. The molecule has 0 spiro atoms. The lowest BCUT2D eigenvalue weighted by Gasteiger charge is -2.30. The Labute approximate surface area is 138 Å². The van der Waals surface area contributed by atoms with Crippen LogP contribution in [-0.2, 0) is 24.1 Å². The number of aromatic nitrogens is 2. The smallest absolute Gasteiger partial charge is 0.332 e. The van der Waals surface area contributed by atoms with Crippen LogP contribution in [0.1, 0.15) is 38.7 Å². The zero-order valence-electron chi connectivity index (χ0n) is 13.9. The maximum absolute atomic E-state index is 12.8. The van der Waals surface area contributed by atoms with Gasteiger partial charge in [-0.1, -0.05) is 20.8 Å². The molecule has 1 aromatic rings. The van der Waals surface area contributed by atoms with Crippen LogP contribution < -0.4 is 10.9 Å². The molecule has 0 bridgehead atoms. The molecule has 2 aliphatic rings. The lowest BCUT2D eigenvalue weighted by atomic mass is 9.84. The largest absolute Gasteiger partial charge is 0.434 e. The molecular formula is C15H22F3N5O. The second-order valence-corrected chi connectivity index (χ2v) is 7.49. The third-order valence-corrected chi connectivity index (χ3v) is 4.65. The van der Waals surface area contributed by atoms with Crippen molar-refractivity contribution in [2.75, 3.05) is 6.54 Å². The number of amides is 1. The van der Waals surface area contributed by atoms with Gasteiger partial charge >= 0.3 is 6.18 Å². The third-order valence-electron chi connectivity index (χ3n) is 4.65. The molecule has 134 valence electrons. The highest BCUT2D eigenvalue weighted by Crippen LogP contribution is 2.30. The van der Waals surface area contributed by atoms with Crippen molar-refractivity contribution in [3.05, 3.63) is 17.7 Å². The molecule has 3 rings (SSSR count). The zero-order valence-corrected chi connectivity index (χ0v) is 13.9. The number of imidazole rings is 1. The van der Waals surface area contributed by atoms with Gasteiger partial charge < -0.3 is 9.47 Å². The summed E-state index contributed by atoms with van der Waals surface area (Å²) in [7, 11) is 0. The van der Waals surface area contributed by atoms with Crippen LogP contribution in [-0.4, -0.2) is 39.0 Å². The minimum atomic E-state index is -4.46. The van der Waals surface area contributed by atoms with E-state index in [1.165, 1.54) is 4.57 Å². The van der Waals surface area contributed by atoms with Crippen LogP contribution in [0.2, 0.25) is 0 Å². The van der Waals surface area contributed by atoms with Crippen LogP contribution in [0.5, 0.6) is 0 Å². The van der Waals surface area contributed by atoms with E-state index in [0.29, 0.717) is 19.5 Å². The predicted octanol–water partition coefficient (Wildman–Crippen LogP) is 1.53. The van der Waals surface area contributed by atoms with Gasteiger partial charge in [0.05, 0.1) is 6.54 Å². The topological polar surface area (TPSA) is 62.2 Å². The number of hydrogen-bond acceptors (Lipinski definition) is 4. The second-order valence-electron chi connectivity index (χ2n) is 7.49. The van der Waals surface area contributed by atoms with Crippen LogP contribution in [0.15, 0.2) is 6.20 Å². The van der Waals surface area contributed by atoms with Gasteiger partial charge in [0.15, 0.2) is 5.69 Å². The molecular weight excluding hydrogens is 323 g/mol. The first-order chi connectivity index (χ1) is 11.1. The number of rotatable bonds is 1. The number of alkyl halides is 3. The molecule has 1 aromatic heterocycles. The summed E-state index contributed by atoms with van der Waals surface area (Å²) in [5.41, 5.74) is 5.27. The van der Waals surface area contributed by atoms with Crippen molar-refractivity contribution in [2.45, 2.75) is 58.5 Å². The molecule has 2 aliphatic heterocycles. The van der Waals surface area contributed by atoms with E-state index in [9.17, 15) is 18.0 Å². The summed E-state index contributed by atoms with van der Waals surface area (Å²) < 4.78 is 39.7. The Kier molecular flexibility index (Phi) is 4.11. The van der Waals surface area contributed by atoms with Crippen molar-refractivity contribution >= 4 is 5.91 Å². The maximum atomic E-state index is 12.8. The quantitative estimate of drug-likeness (QED) is 0.810. The molecule has 0 saturated carbocycles. The molecule has 2 N–H and O–H groups in total. The minimum absolute atomic E-state index is 0.0157. The number of hydrogen-bond donors (Lipinski definition) is 2. The van der Waals surface area contributed by atoms with Gasteiger partial charge in [-0.25, -0.2) is 10.4 Å². The average Bonchev–Trinajstić information content (AvgIpc) is 3.11. The summed E-state index contributed by atoms with van der Waals surface area (Å²) in [6.07, 6.45) is -2.79. The summed E-state index contributed by atoms with van der Waals surface area (Å²) >= 11 is 0. The number of fused-ring (bicyclic) bond motifs is 1. The van der Waals surface area contributed by atoms with Gasteiger partial charge in [0, 0.05) is 25.3 Å². The fourth-order valence-corrected chi connectivity index (χ4v) is 3.08. The molecule has 9 heteroatoms. The minimum Gasteiger partial charge on any atom is -0.332 e. The normalized spacial score (nSPS) is 25.0. The van der Waals surface area contributed by atoms with Gasteiger partial charge in [-0.15, -0.1) is 0 Å². The van der Waals surface area contributed by atoms with Crippen molar-refractivity contribution in [3.8, 4) is 0 Å². The first-order valence-electron chi connectivity index (χ1n) is 7.99. The first kappa shape index (κ1) is 17.2. The standard InChI is InChI=1S/C15H22F3N5O/c1-14(2,3)10-6-9(20-21-10)13(24)23-5-4-22-7-11(15(16,17)18)19-12(22)8-23/h7,9-10,20-21H,4-6,8H2,1-3H3. The predicted molar refractivity (Wildman–Crippen MR) is 80.6 cm³/mol. The van der Waals surface area contributed by atoms with E-state index in [1.807, 2.05) is 0 Å². The fourth-order valence-electron chi connectivity index (χ4n) is 3.08. The third kappa shape index (κ3) is 3.27. The zero-order chi connectivity index (χ0) is 17.7. The average molecular weight is 345 g/mol. The van der Waals surface area contributed by atoms with Crippen molar-refractivity contribution in [2.24, 2.45) is 5.41 Å². The van der Waals surface area contributed by atoms with E-state index >= 15 is 0 Å². The summed E-state index contributed by atoms with van der Waals surface area (Å²) in [5, 5.41) is 0. The van der Waals surface area contributed by atoms with Crippen LogP contribution in [0.25, 0.3) is 0 Å². The van der Waals surface area contributed by atoms with Gasteiger partial charge in [-0.05, 0) is 11.8 Å². The Bertz CT molecular complexity index is 634. The Hall–Kier alpha value is -1.61. The molecule has 0 aliphatic carbocycles. The highest BCUT2D eigenvalue weighted by Gasteiger charge is 2.39. The summed E-state index contributed by atoms with van der Waals surface area (Å²) in [5.74, 6) is 0.178. The number of carbonyl (C=O) groups is 1. The lowest BCUT2D eigenvalue weighted by Crippen LogP contribution is -2.48. The van der Waals surface area contributed by atoms with Crippen molar-refractivity contribution < 1.29 is 18.0 Å². The van der Waals surface area contributed by atoms with Crippen molar-refractivity contribution in [3.63, 3.8) is 0 Å². The van der Waals surface area contributed by atoms with Crippen molar-refractivity contribution in [1.29, 1.82) is 0 Å². The highest BCUT2D eigenvalue weighted by molar-refractivity contribution is 5.82. The number of hydrazine groups is 1. The Balaban J connectivity index is 1.67. The second kappa shape index (κ2) is 5.73. The number of carbonyl (C=O) groups excluding carboxylic acids is 1. The molecule has 2 unspecified atom stereocenters. The molecule has 1 saturated heterocycles. The van der Waals surface area contributed by atoms with E-state index < -0.39 is 11.9 Å². The summed E-state index contributed by atoms with van der Waals surface area (Å²) in [4.78, 5) is 17.9. The summed E-state index contributed by atoms with van der Waals surface area (Å²) in [6, 6.07) is -0.201. The van der Waals surface area contributed by atoms with Gasteiger partial charge in [0.2, 0.25) is 5.91 Å². The molecule has 3 heterocycles. The number of nitrogens with one attached hydrogen (secondary N) is 2. The monoisotopic (exact) mass is 345 g/mol. The molecule has 0 radical (unpaired) electrons. The van der Waals surface area contributed by atoms with Gasteiger partial charge in [0.1, 0.15) is 11.9 Å². The van der Waals surface area contributed by atoms with Gasteiger partial charge in [-0.3, -0.25) is 10.2 Å². The van der Waals surface area contributed by atoms with E-state index in [2.05, 4.69) is 36.6 Å². The van der Waals surface area contributed by atoms with Crippen molar-refractivity contribution in [1.82, 2.24) is 25.3 Å². The van der Waals surface area contributed by atoms with Crippen LogP contribution in [0, 0.1) is 5.41 Å². The Morgan fingerprint density at radius 1 is 1.25 bits per heavy atom. The molecule has 2 atom stereocenters. The first-order valence-corrected chi connectivity index (χ1v) is 7.99. The molecule has 0 aromatic carbocycles. The SMILES string of the molecule is CC(C)(C)C1CC(C(=O)N2CCn3cc(C(F)(F)F)nc3C2)NN1.